The van der Waals surface area contributed by atoms with E-state index in [1.54, 1.807) is 24.3 Å². The Morgan fingerprint density at radius 2 is 1.84 bits per heavy atom. The Balaban J connectivity index is 1.89. The molecule has 1 aromatic heterocycles. The van der Waals surface area contributed by atoms with Crippen LogP contribution in [0.3, 0.4) is 0 Å². The first kappa shape index (κ1) is 22.6. The van der Waals surface area contributed by atoms with E-state index < -0.39 is 9.51 Å². The third-order valence-corrected chi connectivity index (χ3v) is 6.86. The molecule has 32 heavy (non-hydrogen) atoms. The quantitative estimate of drug-likeness (QED) is 0.239. The molecule has 0 aliphatic carbocycles. The highest BCUT2D eigenvalue weighted by molar-refractivity contribution is 14.1. The van der Waals surface area contributed by atoms with Gasteiger partial charge in [-0.3, -0.25) is 4.79 Å². The summed E-state index contributed by atoms with van der Waals surface area (Å²) in [6.07, 6.45) is 3.36. The largest absolute Gasteiger partial charge is 0.478 e. The van der Waals surface area contributed by atoms with Gasteiger partial charge < -0.3 is 19.7 Å². The van der Waals surface area contributed by atoms with Gasteiger partial charge in [0.2, 0.25) is 5.88 Å². The van der Waals surface area contributed by atoms with Gasteiger partial charge in [-0.05, 0) is 92.5 Å². The molecule has 0 radical (unpaired) electrons. The Hall–Kier alpha value is -2.55. The summed E-state index contributed by atoms with van der Waals surface area (Å²) < 4.78 is 5.74. The molecule has 2 aromatic carbocycles. The van der Waals surface area contributed by atoms with E-state index in [1.165, 1.54) is 6.42 Å². The van der Waals surface area contributed by atoms with E-state index in [0.717, 1.165) is 37.1 Å². The van der Waals surface area contributed by atoms with E-state index in [2.05, 4.69) is 32.8 Å². The van der Waals surface area contributed by atoms with Gasteiger partial charge in [-0.25, -0.2) is 4.79 Å². The number of aryl methyl sites for hydroxylation is 1. The van der Waals surface area contributed by atoms with Gasteiger partial charge in [0.05, 0.1) is 16.5 Å². The maximum atomic E-state index is 13.3. The van der Waals surface area contributed by atoms with Crippen molar-refractivity contribution in [1.82, 2.24) is 0 Å². The van der Waals surface area contributed by atoms with E-state index in [9.17, 15) is 14.7 Å². The second-order valence-electron chi connectivity index (χ2n) is 8.58. The first-order valence-corrected chi connectivity index (χ1v) is 11.9. The minimum Gasteiger partial charge on any atom is -0.478 e. The fourth-order valence-electron chi connectivity index (χ4n) is 4.37. The molecule has 4 rings (SSSR count). The zero-order valence-corrected chi connectivity index (χ0v) is 20.7. The number of hydrogen-bond acceptors (Lipinski definition) is 5. The minimum atomic E-state index is -0.996. The maximum Gasteiger partial charge on any atom is 0.337 e. The number of alkyl halides is 1. The number of piperidine rings is 1. The van der Waals surface area contributed by atoms with Crippen LogP contribution in [0.15, 0.2) is 45.6 Å². The van der Waals surface area contributed by atoms with Gasteiger partial charge in [-0.2, -0.15) is 0 Å². The number of benzene rings is 2. The molecule has 0 saturated carbocycles. The lowest BCUT2D eigenvalue weighted by Gasteiger charge is -2.30. The predicted molar refractivity (Wildman–Crippen MR) is 136 cm³/mol. The molecular formula is C25H27IN2O4. The van der Waals surface area contributed by atoms with Crippen LogP contribution in [-0.4, -0.2) is 24.2 Å². The maximum absolute atomic E-state index is 13.3. The van der Waals surface area contributed by atoms with Gasteiger partial charge in [0.1, 0.15) is 9.13 Å². The molecule has 1 atom stereocenters. The van der Waals surface area contributed by atoms with Crippen molar-refractivity contribution in [3.63, 3.8) is 0 Å². The molecule has 0 spiro atoms. The number of aromatic carboxylic acids is 1. The Bertz CT molecular complexity index is 1240. The summed E-state index contributed by atoms with van der Waals surface area (Å²) >= 11 is 2.26. The number of rotatable bonds is 5. The fraction of sp³-hybridized carbons (Fsp3) is 0.360. The van der Waals surface area contributed by atoms with Crippen molar-refractivity contribution in [2.24, 2.45) is 0 Å². The summed E-state index contributed by atoms with van der Waals surface area (Å²) in [6.45, 7) is 7.50. The summed E-state index contributed by atoms with van der Waals surface area (Å²) in [5, 5.41) is 13.5. The number of hydrogen-bond donors (Lipinski definition) is 2. The molecular weight excluding hydrogens is 519 g/mol. The van der Waals surface area contributed by atoms with Gasteiger partial charge in [-0.1, -0.05) is 12.1 Å². The van der Waals surface area contributed by atoms with Crippen molar-refractivity contribution >= 4 is 51.1 Å². The molecule has 0 bridgehead atoms. The molecule has 3 aromatic rings. The summed E-state index contributed by atoms with van der Waals surface area (Å²) in [5.41, 5.74) is 3.62. The van der Waals surface area contributed by atoms with Crippen LogP contribution in [0.1, 0.15) is 53.2 Å². The van der Waals surface area contributed by atoms with Crippen molar-refractivity contribution < 1.29 is 14.3 Å². The summed E-state index contributed by atoms with van der Waals surface area (Å²) in [7, 11) is 0. The molecule has 6 nitrogen and oxygen atoms in total. The van der Waals surface area contributed by atoms with Crippen molar-refractivity contribution in [1.29, 1.82) is 0 Å². The summed E-state index contributed by atoms with van der Waals surface area (Å²) in [4.78, 5) is 27.2. The molecule has 0 amide bonds. The molecule has 168 valence electrons. The normalized spacial score (nSPS) is 16.1. The van der Waals surface area contributed by atoms with E-state index >= 15 is 0 Å². The van der Waals surface area contributed by atoms with Crippen LogP contribution >= 0.6 is 22.6 Å². The molecule has 7 heteroatoms. The van der Waals surface area contributed by atoms with Crippen LogP contribution in [0.5, 0.6) is 0 Å². The zero-order chi connectivity index (χ0) is 23.0. The van der Waals surface area contributed by atoms with Gasteiger partial charge in [0, 0.05) is 24.3 Å². The molecule has 1 saturated heterocycles. The van der Waals surface area contributed by atoms with E-state index in [0.29, 0.717) is 28.1 Å². The number of nitrogens with zero attached hydrogens (tertiary/aromatic N) is 1. The summed E-state index contributed by atoms with van der Waals surface area (Å²) in [5.74, 6) is -0.352. The van der Waals surface area contributed by atoms with Crippen LogP contribution < -0.4 is 15.6 Å². The standard InChI is InChI=1S/C25H27IN2O4/c1-15-13-18-21(29)16(2)23(28-11-7-4-8-12-28)32-22(18)19(14-15)25(3,26)27-20-10-6-5-9-17(20)24(30)31/h5-6,9-10,13-14,27H,4,7-8,11-12H2,1-3H3,(H,30,31). The Morgan fingerprint density at radius 3 is 2.53 bits per heavy atom. The van der Waals surface area contributed by atoms with Gasteiger partial charge >= 0.3 is 5.97 Å². The number of anilines is 2. The highest BCUT2D eigenvalue weighted by Crippen LogP contribution is 2.39. The highest BCUT2D eigenvalue weighted by Gasteiger charge is 2.30. The number of fused-ring (bicyclic) bond motifs is 1. The monoisotopic (exact) mass is 546 g/mol. The predicted octanol–water partition coefficient (Wildman–Crippen LogP) is 5.82. The van der Waals surface area contributed by atoms with Crippen LogP contribution in [0.25, 0.3) is 11.0 Å². The molecule has 1 unspecified atom stereocenters. The second-order valence-corrected chi connectivity index (χ2v) is 10.7. The number of para-hydroxylation sites is 1. The number of carboxylic acid groups (broad SMARTS) is 1. The smallest absolute Gasteiger partial charge is 0.337 e. The van der Waals surface area contributed by atoms with Crippen molar-refractivity contribution in [3.05, 3.63) is 68.9 Å². The molecule has 2 heterocycles. The number of nitrogens with one attached hydrogen (secondary N) is 1. The minimum absolute atomic E-state index is 0.0186. The lowest BCUT2D eigenvalue weighted by molar-refractivity contribution is 0.0698. The number of carboxylic acids is 1. The Morgan fingerprint density at radius 1 is 1.16 bits per heavy atom. The Kier molecular flexibility index (Phi) is 6.20. The van der Waals surface area contributed by atoms with Gasteiger partial charge in [0.25, 0.3) is 0 Å². The SMILES string of the molecule is Cc1cc(C(C)(I)Nc2ccccc2C(=O)O)c2oc(N3CCCCC3)c(C)c(=O)c2c1. The average molecular weight is 546 g/mol. The van der Waals surface area contributed by atoms with Crippen LogP contribution in [0.2, 0.25) is 0 Å². The third kappa shape index (κ3) is 4.22. The van der Waals surface area contributed by atoms with Crippen LogP contribution in [0.4, 0.5) is 11.6 Å². The first-order chi connectivity index (χ1) is 15.2. The average Bonchev–Trinajstić information content (AvgIpc) is 2.76. The molecule has 1 fully saturated rings. The zero-order valence-electron chi connectivity index (χ0n) is 18.5. The van der Waals surface area contributed by atoms with Crippen molar-refractivity contribution in [2.45, 2.75) is 43.6 Å². The fourth-order valence-corrected chi connectivity index (χ4v) is 5.06. The van der Waals surface area contributed by atoms with Crippen molar-refractivity contribution in [2.75, 3.05) is 23.3 Å². The Labute approximate surface area is 200 Å². The second kappa shape index (κ2) is 8.77. The van der Waals surface area contributed by atoms with Crippen LogP contribution in [0, 0.1) is 13.8 Å². The highest BCUT2D eigenvalue weighted by atomic mass is 127. The summed E-state index contributed by atoms with van der Waals surface area (Å²) in [6, 6.07) is 10.7. The van der Waals surface area contributed by atoms with Crippen molar-refractivity contribution in [3.8, 4) is 0 Å². The first-order valence-electron chi connectivity index (χ1n) is 10.8. The van der Waals surface area contributed by atoms with Gasteiger partial charge in [0.15, 0.2) is 5.43 Å². The topological polar surface area (TPSA) is 82.8 Å². The van der Waals surface area contributed by atoms with Gasteiger partial charge in [-0.15, -0.1) is 0 Å². The lowest BCUT2D eigenvalue weighted by Crippen LogP contribution is -2.31. The molecule has 1 aliphatic heterocycles. The molecule has 2 N–H and O–H groups in total. The lowest BCUT2D eigenvalue weighted by atomic mass is 9.99. The van der Waals surface area contributed by atoms with E-state index in [-0.39, 0.29) is 11.0 Å². The third-order valence-electron chi connectivity index (χ3n) is 6.01. The number of carbonyl (C=O) groups is 1. The van der Waals surface area contributed by atoms with Crippen LogP contribution in [-0.2, 0) is 3.55 Å². The van der Waals surface area contributed by atoms with E-state index in [1.807, 2.05) is 32.9 Å². The number of halogens is 1. The van der Waals surface area contributed by atoms with E-state index in [4.69, 9.17) is 4.42 Å². The molecule has 1 aliphatic rings.